The fourth-order valence-electron chi connectivity index (χ4n) is 3.46. The van der Waals surface area contributed by atoms with Crippen LogP contribution in [-0.4, -0.2) is 23.3 Å². The minimum Gasteiger partial charge on any atom is -0.393 e. The van der Waals surface area contributed by atoms with E-state index in [9.17, 15) is 5.11 Å². The second-order valence-corrected chi connectivity index (χ2v) is 5.96. The van der Waals surface area contributed by atoms with Gasteiger partial charge >= 0.3 is 0 Å². The summed E-state index contributed by atoms with van der Waals surface area (Å²) in [6.07, 6.45) is 11.5. The first kappa shape index (κ1) is 12.4. The van der Waals surface area contributed by atoms with Crippen LogP contribution in [0.15, 0.2) is 0 Å². The smallest absolute Gasteiger partial charge is 0.0541 e. The van der Waals surface area contributed by atoms with Crippen LogP contribution in [0.2, 0.25) is 0 Å². The van der Waals surface area contributed by atoms with Gasteiger partial charge in [-0.05, 0) is 44.9 Å². The van der Waals surface area contributed by atoms with Crippen LogP contribution in [0.4, 0.5) is 0 Å². The maximum atomic E-state index is 9.46. The topological polar surface area (TPSA) is 32.3 Å². The Hall–Kier alpha value is -0.0800. The van der Waals surface area contributed by atoms with E-state index in [1.165, 1.54) is 32.1 Å². The lowest BCUT2D eigenvalue weighted by Crippen LogP contribution is -2.40. The molecule has 2 rings (SSSR count). The van der Waals surface area contributed by atoms with E-state index >= 15 is 0 Å². The van der Waals surface area contributed by atoms with Gasteiger partial charge in [0.15, 0.2) is 0 Å². The molecule has 2 aliphatic carbocycles. The number of aliphatic hydroxyl groups excluding tert-OH is 1. The maximum absolute atomic E-state index is 9.46. The van der Waals surface area contributed by atoms with Gasteiger partial charge in [-0.3, -0.25) is 0 Å². The van der Waals surface area contributed by atoms with Crippen molar-refractivity contribution in [1.82, 2.24) is 5.32 Å². The van der Waals surface area contributed by atoms with Gasteiger partial charge in [-0.1, -0.05) is 25.7 Å². The van der Waals surface area contributed by atoms with Crippen molar-refractivity contribution in [1.29, 1.82) is 0 Å². The van der Waals surface area contributed by atoms with E-state index in [1.807, 2.05) is 0 Å². The number of rotatable bonds is 4. The van der Waals surface area contributed by atoms with Crippen LogP contribution in [0.1, 0.15) is 64.7 Å². The first-order valence-electron chi connectivity index (χ1n) is 7.18. The molecule has 0 saturated heterocycles. The van der Waals surface area contributed by atoms with E-state index in [1.54, 1.807) is 0 Å². The molecule has 16 heavy (non-hydrogen) atoms. The van der Waals surface area contributed by atoms with E-state index in [0.29, 0.717) is 12.1 Å². The Bertz CT molecular complexity index is 193. The van der Waals surface area contributed by atoms with Gasteiger partial charge in [0.25, 0.3) is 0 Å². The zero-order valence-electron chi connectivity index (χ0n) is 10.6. The second-order valence-electron chi connectivity index (χ2n) is 5.96. The van der Waals surface area contributed by atoms with Crippen LogP contribution in [0.5, 0.6) is 0 Å². The number of hydrogen-bond donors (Lipinski definition) is 2. The average molecular weight is 225 g/mol. The molecule has 0 amide bonds. The highest BCUT2D eigenvalue weighted by Gasteiger charge is 2.22. The molecule has 2 saturated carbocycles. The van der Waals surface area contributed by atoms with Gasteiger partial charge in [-0.2, -0.15) is 0 Å². The Balaban J connectivity index is 1.64. The first-order valence-corrected chi connectivity index (χ1v) is 7.18. The Morgan fingerprint density at radius 2 is 1.69 bits per heavy atom. The second kappa shape index (κ2) is 6.02. The number of aliphatic hydroxyl groups is 1. The Morgan fingerprint density at radius 1 is 1.06 bits per heavy atom. The van der Waals surface area contributed by atoms with Crippen LogP contribution in [0.25, 0.3) is 0 Å². The lowest BCUT2D eigenvalue weighted by molar-refractivity contribution is 0.113. The molecule has 1 atom stereocenters. The van der Waals surface area contributed by atoms with Gasteiger partial charge in [0.05, 0.1) is 6.10 Å². The molecule has 0 spiro atoms. The van der Waals surface area contributed by atoms with Gasteiger partial charge in [0.2, 0.25) is 0 Å². The molecule has 2 nitrogen and oxygen atoms in total. The van der Waals surface area contributed by atoms with Gasteiger partial charge in [0, 0.05) is 12.1 Å². The van der Waals surface area contributed by atoms with Crippen molar-refractivity contribution in [2.75, 3.05) is 0 Å². The summed E-state index contributed by atoms with van der Waals surface area (Å²) in [5, 5.41) is 13.2. The van der Waals surface area contributed by atoms with Gasteiger partial charge in [-0.15, -0.1) is 0 Å². The van der Waals surface area contributed by atoms with E-state index in [4.69, 9.17) is 0 Å². The lowest BCUT2D eigenvalue weighted by Gasteiger charge is -2.30. The highest BCUT2D eigenvalue weighted by atomic mass is 16.3. The largest absolute Gasteiger partial charge is 0.393 e. The van der Waals surface area contributed by atoms with Crippen LogP contribution in [-0.2, 0) is 0 Å². The predicted molar refractivity (Wildman–Crippen MR) is 67.4 cm³/mol. The van der Waals surface area contributed by atoms with Crippen molar-refractivity contribution in [3.63, 3.8) is 0 Å². The van der Waals surface area contributed by atoms with Crippen molar-refractivity contribution in [3.05, 3.63) is 0 Å². The summed E-state index contributed by atoms with van der Waals surface area (Å²) in [6, 6.07) is 1.34. The van der Waals surface area contributed by atoms with Gasteiger partial charge in [0.1, 0.15) is 0 Å². The monoisotopic (exact) mass is 225 g/mol. The van der Waals surface area contributed by atoms with Crippen molar-refractivity contribution in [2.24, 2.45) is 5.92 Å². The summed E-state index contributed by atoms with van der Waals surface area (Å²) in [4.78, 5) is 0. The average Bonchev–Trinajstić information content (AvgIpc) is 2.74. The highest BCUT2D eigenvalue weighted by molar-refractivity contribution is 4.80. The summed E-state index contributed by atoms with van der Waals surface area (Å²) in [7, 11) is 0. The SMILES string of the molecule is CC(CC1CCCC1)NC1CCC(O)CC1. The molecule has 94 valence electrons. The van der Waals surface area contributed by atoms with Crippen molar-refractivity contribution in [2.45, 2.75) is 82.9 Å². The van der Waals surface area contributed by atoms with E-state index in [0.717, 1.165) is 31.6 Å². The third-order valence-electron chi connectivity index (χ3n) is 4.38. The van der Waals surface area contributed by atoms with E-state index < -0.39 is 0 Å². The zero-order valence-corrected chi connectivity index (χ0v) is 10.6. The fraction of sp³-hybridized carbons (Fsp3) is 1.00. The summed E-state index contributed by atoms with van der Waals surface area (Å²) in [5.74, 6) is 0.983. The summed E-state index contributed by atoms with van der Waals surface area (Å²) in [5.41, 5.74) is 0. The number of nitrogens with one attached hydrogen (secondary N) is 1. The molecule has 2 aliphatic rings. The lowest BCUT2D eigenvalue weighted by atomic mass is 9.91. The first-order chi connectivity index (χ1) is 7.74. The van der Waals surface area contributed by atoms with Crippen LogP contribution < -0.4 is 5.32 Å². The molecule has 0 aromatic rings. The summed E-state index contributed by atoms with van der Waals surface area (Å²) in [6.45, 7) is 2.34. The molecule has 2 fully saturated rings. The van der Waals surface area contributed by atoms with Crippen molar-refractivity contribution in [3.8, 4) is 0 Å². The van der Waals surface area contributed by atoms with Crippen LogP contribution >= 0.6 is 0 Å². The minimum atomic E-state index is -0.0248. The van der Waals surface area contributed by atoms with Crippen LogP contribution in [0.3, 0.4) is 0 Å². The van der Waals surface area contributed by atoms with Crippen LogP contribution in [0, 0.1) is 5.92 Å². The predicted octanol–water partition coefficient (Wildman–Crippen LogP) is 2.85. The molecule has 0 aromatic heterocycles. The van der Waals surface area contributed by atoms with E-state index in [-0.39, 0.29) is 6.10 Å². The Labute approximate surface area is 99.8 Å². The molecule has 0 radical (unpaired) electrons. The van der Waals surface area contributed by atoms with Gasteiger partial charge in [-0.25, -0.2) is 0 Å². The minimum absolute atomic E-state index is 0.0248. The maximum Gasteiger partial charge on any atom is 0.0541 e. The fourth-order valence-corrected chi connectivity index (χ4v) is 3.46. The van der Waals surface area contributed by atoms with Gasteiger partial charge < -0.3 is 10.4 Å². The van der Waals surface area contributed by atoms with Crippen molar-refractivity contribution >= 4 is 0 Å². The molecule has 0 aliphatic heterocycles. The molecule has 1 unspecified atom stereocenters. The normalized spacial score (nSPS) is 34.1. The molecule has 2 N–H and O–H groups in total. The molecule has 2 heteroatoms. The highest BCUT2D eigenvalue weighted by Crippen LogP contribution is 2.29. The van der Waals surface area contributed by atoms with E-state index in [2.05, 4.69) is 12.2 Å². The molecule has 0 aromatic carbocycles. The molecule has 0 bridgehead atoms. The quantitative estimate of drug-likeness (QED) is 0.771. The third-order valence-corrected chi connectivity index (χ3v) is 4.38. The summed E-state index contributed by atoms with van der Waals surface area (Å²) >= 11 is 0. The zero-order chi connectivity index (χ0) is 11.4. The Kier molecular flexibility index (Phi) is 4.66. The molecular weight excluding hydrogens is 198 g/mol. The number of hydrogen-bond acceptors (Lipinski definition) is 2. The van der Waals surface area contributed by atoms with Crippen molar-refractivity contribution < 1.29 is 5.11 Å². The standard InChI is InChI=1S/C14H27NO/c1-11(10-12-4-2-3-5-12)15-13-6-8-14(16)9-7-13/h11-16H,2-10H2,1H3. The molecular formula is C14H27NO. The Morgan fingerprint density at radius 3 is 2.31 bits per heavy atom. The summed E-state index contributed by atoms with van der Waals surface area (Å²) < 4.78 is 0. The molecule has 0 heterocycles. The third kappa shape index (κ3) is 3.74.